The normalized spacial score (nSPS) is 11.0. The Balaban J connectivity index is 0.00000385. The number of aryl methyl sites for hydroxylation is 1. The number of oxazole rings is 1. The fourth-order valence-corrected chi connectivity index (χ4v) is 3.15. The van der Waals surface area contributed by atoms with Crippen LogP contribution in [0.3, 0.4) is 0 Å². The second kappa shape index (κ2) is 13.0. The first-order chi connectivity index (χ1) is 15.5. The van der Waals surface area contributed by atoms with Crippen molar-refractivity contribution >= 4 is 35.8 Å². The summed E-state index contributed by atoms with van der Waals surface area (Å²) in [5, 5.41) is 6.59. The second-order valence-electron chi connectivity index (χ2n) is 7.78. The van der Waals surface area contributed by atoms with Gasteiger partial charge in [0.15, 0.2) is 5.96 Å². The fourth-order valence-electron chi connectivity index (χ4n) is 3.15. The Kier molecular flexibility index (Phi) is 10.4. The summed E-state index contributed by atoms with van der Waals surface area (Å²) in [6, 6.07) is 15.8. The van der Waals surface area contributed by atoms with Gasteiger partial charge in [-0.05, 0) is 50.1 Å². The minimum absolute atomic E-state index is 0. The Bertz CT molecular complexity index is 1060. The number of benzene rings is 2. The number of hydrogen-bond acceptors (Lipinski definition) is 4. The molecule has 0 saturated heterocycles. The largest absolute Gasteiger partial charge is 0.444 e. The zero-order chi connectivity index (χ0) is 22.9. The molecule has 0 fully saturated rings. The van der Waals surface area contributed by atoms with Crippen molar-refractivity contribution in [2.24, 2.45) is 4.99 Å². The van der Waals surface area contributed by atoms with Crippen molar-refractivity contribution in [2.75, 3.05) is 27.2 Å². The molecule has 0 radical (unpaired) electrons. The number of carbonyl (C=O) groups excluding carboxylic acids is 1. The van der Waals surface area contributed by atoms with Crippen molar-refractivity contribution in [1.29, 1.82) is 0 Å². The summed E-state index contributed by atoms with van der Waals surface area (Å²) in [6.45, 7) is 5.94. The van der Waals surface area contributed by atoms with Crippen LogP contribution in [-0.2, 0) is 13.0 Å². The van der Waals surface area contributed by atoms with Gasteiger partial charge in [0.25, 0.3) is 5.91 Å². The number of rotatable bonds is 8. The SMILES string of the molecule is CCNC(=NCc1coc(-c2ccc(C)cc2)n1)NCCc1cccc(C(=O)N(C)C)c1.I. The Morgan fingerprint density at radius 3 is 2.58 bits per heavy atom. The van der Waals surface area contributed by atoms with Gasteiger partial charge in [-0.2, -0.15) is 0 Å². The van der Waals surface area contributed by atoms with Gasteiger partial charge in [0.1, 0.15) is 12.0 Å². The third kappa shape index (κ3) is 7.88. The van der Waals surface area contributed by atoms with Crippen LogP contribution in [-0.4, -0.2) is 48.9 Å². The van der Waals surface area contributed by atoms with Gasteiger partial charge in [0.2, 0.25) is 5.89 Å². The highest BCUT2D eigenvalue weighted by Gasteiger charge is 2.09. The van der Waals surface area contributed by atoms with Gasteiger partial charge >= 0.3 is 0 Å². The summed E-state index contributed by atoms with van der Waals surface area (Å²) < 4.78 is 5.62. The maximum atomic E-state index is 12.2. The van der Waals surface area contributed by atoms with Crippen LogP contribution in [0.1, 0.15) is 34.1 Å². The number of hydrogen-bond donors (Lipinski definition) is 2. The number of halogens is 1. The molecule has 7 nitrogen and oxygen atoms in total. The molecule has 0 unspecified atom stereocenters. The van der Waals surface area contributed by atoms with Crippen molar-refractivity contribution in [2.45, 2.75) is 26.8 Å². The average Bonchev–Trinajstić information content (AvgIpc) is 3.26. The maximum Gasteiger partial charge on any atom is 0.253 e. The van der Waals surface area contributed by atoms with Crippen LogP contribution in [0.25, 0.3) is 11.5 Å². The van der Waals surface area contributed by atoms with Crippen LogP contribution in [0.5, 0.6) is 0 Å². The number of nitrogens with zero attached hydrogens (tertiary/aromatic N) is 3. The molecule has 0 aliphatic rings. The van der Waals surface area contributed by atoms with Gasteiger partial charge in [0.05, 0.1) is 6.54 Å². The zero-order valence-corrected chi connectivity index (χ0v) is 21.9. The van der Waals surface area contributed by atoms with E-state index in [-0.39, 0.29) is 29.9 Å². The molecule has 3 aromatic rings. The van der Waals surface area contributed by atoms with Crippen molar-refractivity contribution in [1.82, 2.24) is 20.5 Å². The molecule has 0 aliphatic heterocycles. The molecule has 2 N–H and O–H groups in total. The van der Waals surface area contributed by atoms with Gasteiger partial charge in [-0.3, -0.25) is 4.79 Å². The first-order valence-electron chi connectivity index (χ1n) is 10.8. The van der Waals surface area contributed by atoms with Crippen LogP contribution in [0, 0.1) is 6.92 Å². The van der Waals surface area contributed by atoms with E-state index in [1.54, 1.807) is 25.3 Å². The lowest BCUT2D eigenvalue weighted by atomic mass is 10.1. The van der Waals surface area contributed by atoms with Gasteiger partial charge in [-0.15, -0.1) is 24.0 Å². The monoisotopic (exact) mass is 561 g/mol. The molecule has 8 heteroatoms. The van der Waals surface area contributed by atoms with Crippen LogP contribution in [0.4, 0.5) is 0 Å². The van der Waals surface area contributed by atoms with E-state index in [4.69, 9.17) is 4.42 Å². The van der Waals surface area contributed by atoms with Gasteiger partial charge in [-0.25, -0.2) is 9.98 Å². The lowest BCUT2D eigenvalue weighted by Gasteiger charge is -2.13. The smallest absolute Gasteiger partial charge is 0.253 e. The number of carbonyl (C=O) groups is 1. The maximum absolute atomic E-state index is 12.2. The van der Waals surface area contributed by atoms with Crippen LogP contribution >= 0.6 is 24.0 Å². The minimum Gasteiger partial charge on any atom is -0.444 e. The van der Waals surface area contributed by atoms with Crippen molar-refractivity contribution < 1.29 is 9.21 Å². The third-order valence-electron chi connectivity index (χ3n) is 4.88. The molecule has 0 bridgehead atoms. The Morgan fingerprint density at radius 2 is 1.88 bits per heavy atom. The minimum atomic E-state index is 0. The molecule has 1 amide bonds. The molecule has 0 atom stereocenters. The van der Waals surface area contributed by atoms with Gasteiger partial charge in [-0.1, -0.05) is 29.8 Å². The predicted molar refractivity (Wildman–Crippen MR) is 143 cm³/mol. The molecule has 0 aliphatic carbocycles. The van der Waals surface area contributed by atoms with E-state index in [0.717, 1.165) is 29.8 Å². The molecule has 1 aromatic heterocycles. The molecule has 3 rings (SSSR count). The molecular formula is C25H32IN5O2. The van der Waals surface area contributed by atoms with Crippen molar-refractivity contribution in [3.63, 3.8) is 0 Å². The summed E-state index contributed by atoms with van der Waals surface area (Å²) in [5.74, 6) is 1.32. The van der Waals surface area contributed by atoms with E-state index in [9.17, 15) is 4.79 Å². The Morgan fingerprint density at radius 1 is 1.12 bits per heavy atom. The van der Waals surface area contributed by atoms with Gasteiger partial charge < -0.3 is 20.0 Å². The topological polar surface area (TPSA) is 82.8 Å². The highest BCUT2D eigenvalue weighted by atomic mass is 127. The van der Waals surface area contributed by atoms with Crippen LogP contribution in [0.2, 0.25) is 0 Å². The van der Waals surface area contributed by atoms with E-state index in [2.05, 4.69) is 27.5 Å². The van der Waals surface area contributed by atoms with E-state index in [1.165, 1.54) is 5.56 Å². The average molecular weight is 561 g/mol. The fraction of sp³-hybridized carbons (Fsp3) is 0.320. The molecule has 0 spiro atoms. The first kappa shape index (κ1) is 26.4. The first-order valence-corrected chi connectivity index (χ1v) is 10.8. The third-order valence-corrected chi connectivity index (χ3v) is 4.88. The van der Waals surface area contributed by atoms with E-state index < -0.39 is 0 Å². The van der Waals surface area contributed by atoms with E-state index in [0.29, 0.717) is 30.5 Å². The summed E-state index contributed by atoms with van der Waals surface area (Å²) >= 11 is 0. The van der Waals surface area contributed by atoms with Crippen molar-refractivity contribution in [3.8, 4) is 11.5 Å². The Labute approximate surface area is 212 Å². The van der Waals surface area contributed by atoms with Crippen molar-refractivity contribution in [3.05, 3.63) is 77.2 Å². The lowest BCUT2D eigenvalue weighted by molar-refractivity contribution is 0.0827. The number of aliphatic imine (C=N–C) groups is 1. The number of aromatic nitrogens is 1. The summed E-state index contributed by atoms with van der Waals surface area (Å²) in [7, 11) is 3.52. The van der Waals surface area contributed by atoms with Crippen LogP contribution < -0.4 is 10.6 Å². The number of amides is 1. The lowest BCUT2D eigenvalue weighted by Crippen LogP contribution is -2.38. The quantitative estimate of drug-likeness (QED) is 0.244. The standard InChI is InChI=1S/C25H31N5O2.HI/c1-5-26-25(27-14-13-19-7-6-8-21(15-19)24(31)30(3)4)28-16-22-17-32-23(29-22)20-11-9-18(2)10-12-20;/h6-12,15,17H,5,13-14,16H2,1-4H3,(H2,26,27,28);1H. The molecule has 2 aromatic carbocycles. The van der Waals surface area contributed by atoms with E-state index >= 15 is 0 Å². The second-order valence-corrected chi connectivity index (χ2v) is 7.78. The summed E-state index contributed by atoms with van der Waals surface area (Å²) in [4.78, 5) is 22.9. The molecule has 33 heavy (non-hydrogen) atoms. The van der Waals surface area contributed by atoms with E-state index in [1.807, 2.05) is 55.5 Å². The van der Waals surface area contributed by atoms with Gasteiger partial charge in [0, 0.05) is 38.3 Å². The van der Waals surface area contributed by atoms with Crippen LogP contribution in [0.15, 0.2) is 64.2 Å². The highest BCUT2D eigenvalue weighted by molar-refractivity contribution is 14.0. The predicted octanol–water partition coefficient (Wildman–Crippen LogP) is 4.27. The zero-order valence-electron chi connectivity index (χ0n) is 19.6. The number of nitrogens with one attached hydrogen (secondary N) is 2. The number of guanidine groups is 1. The molecule has 1 heterocycles. The summed E-state index contributed by atoms with van der Waals surface area (Å²) in [5.41, 5.74) is 4.71. The Hall–Kier alpha value is -2.88. The molecule has 0 saturated carbocycles. The molecular weight excluding hydrogens is 529 g/mol. The summed E-state index contributed by atoms with van der Waals surface area (Å²) in [6.07, 6.45) is 2.43. The highest BCUT2D eigenvalue weighted by Crippen LogP contribution is 2.19. The molecule has 176 valence electrons.